The van der Waals surface area contributed by atoms with Crippen molar-refractivity contribution in [3.63, 3.8) is 0 Å². The standard InChI is InChI=1S/C17H21ClN4/c1-22(2)10-9-19-17-13-5-3-4-6-14(13)20-15-8-7-12(18)11-16(15)21-17/h3-8,11,13-14,20H,9-10H2,1-2H3,(H,19,21). The summed E-state index contributed by atoms with van der Waals surface area (Å²) in [6.45, 7) is 1.83. The maximum absolute atomic E-state index is 6.12. The van der Waals surface area contributed by atoms with Gasteiger partial charge in [0.05, 0.1) is 23.3 Å². The Kier molecular flexibility index (Phi) is 4.50. The van der Waals surface area contributed by atoms with E-state index in [1.54, 1.807) is 0 Å². The number of hydrogen-bond donors (Lipinski definition) is 2. The second-order valence-electron chi connectivity index (χ2n) is 5.85. The Morgan fingerprint density at radius 2 is 2.09 bits per heavy atom. The first-order chi connectivity index (χ1) is 10.6. The number of likely N-dealkylation sites (N-methyl/N-ethyl adjacent to an activating group) is 1. The number of halogens is 1. The molecule has 22 heavy (non-hydrogen) atoms. The molecule has 0 aromatic heterocycles. The molecule has 0 radical (unpaired) electrons. The van der Waals surface area contributed by atoms with Crippen molar-refractivity contribution in [1.29, 1.82) is 0 Å². The molecule has 0 bridgehead atoms. The minimum Gasteiger partial charge on any atom is -0.376 e. The molecule has 2 atom stereocenters. The van der Waals surface area contributed by atoms with E-state index < -0.39 is 0 Å². The summed E-state index contributed by atoms with van der Waals surface area (Å²) < 4.78 is 0. The molecular formula is C17H21ClN4. The number of benzene rings is 1. The van der Waals surface area contributed by atoms with E-state index in [0.29, 0.717) is 5.02 Å². The smallest absolute Gasteiger partial charge is 0.112 e. The molecule has 1 heterocycles. The summed E-state index contributed by atoms with van der Waals surface area (Å²) in [7, 11) is 4.14. The summed E-state index contributed by atoms with van der Waals surface area (Å²) in [5, 5.41) is 7.75. The summed E-state index contributed by atoms with van der Waals surface area (Å²) >= 11 is 6.12. The van der Waals surface area contributed by atoms with E-state index in [1.807, 2.05) is 18.2 Å². The lowest BCUT2D eigenvalue weighted by Gasteiger charge is -2.25. The first-order valence-corrected chi connectivity index (χ1v) is 7.89. The van der Waals surface area contributed by atoms with E-state index in [-0.39, 0.29) is 12.0 Å². The SMILES string of the molecule is CN(C)CCNC1=Nc2cc(Cl)ccc2NC2C=CC=CC12. The highest BCUT2D eigenvalue weighted by Gasteiger charge is 2.27. The fraction of sp³-hybridized carbons (Fsp3) is 0.353. The van der Waals surface area contributed by atoms with Crippen molar-refractivity contribution in [2.75, 3.05) is 32.5 Å². The molecule has 1 aromatic carbocycles. The predicted octanol–water partition coefficient (Wildman–Crippen LogP) is 3.06. The van der Waals surface area contributed by atoms with E-state index in [2.05, 4.69) is 53.9 Å². The van der Waals surface area contributed by atoms with Crippen LogP contribution in [0.5, 0.6) is 0 Å². The van der Waals surface area contributed by atoms with Crippen molar-refractivity contribution in [3.8, 4) is 0 Å². The maximum Gasteiger partial charge on any atom is 0.112 e. The average molecular weight is 317 g/mol. The van der Waals surface area contributed by atoms with Gasteiger partial charge in [-0.3, -0.25) is 0 Å². The molecule has 0 amide bonds. The van der Waals surface area contributed by atoms with Crippen molar-refractivity contribution in [3.05, 3.63) is 47.5 Å². The van der Waals surface area contributed by atoms with Crippen LogP contribution < -0.4 is 10.6 Å². The second-order valence-corrected chi connectivity index (χ2v) is 6.29. The van der Waals surface area contributed by atoms with Crippen molar-refractivity contribution >= 4 is 28.8 Å². The highest BCUT2D eigenvalue weighted by atomic mass is 35.5. The summed E-state index contributed by atoms with van der Waals surface area (Å²) in [6, 6.07) is 6.00. The molecule has 0 saturated carbocycles. The van der Waals surface area contributed by atoms with Crippen molar-refractivity contribution < 1.29 is 0 Å². The zero-order valence-corrected chi connectivity index (χ0v) is 13.6. The largest absolute Gasteiger partial charge is 0.376 e. The van der Waals surface area contributed by atoms with Crippen LogP contribution in [0.1, 0.15) is 0 Å². The molecule has 0 fully saturated rings. The monoisotopic (exact) mass is 316 g/mol. The fourth-order valence-corrected chi connectivity index (χ4v) is 2.84. The Morgan fingerprint density at radius 1 is 1.27 bits per heavy atom. The van der Waals surface area contributed by atoms with Gasteiger partial charge in [0.1, 0.15) is 5.84 Å². The van der Waals surface area contributed by atoms with Crippen LogP contribution in [0.15, 0.2) is 47.5 Å². The highest BCUT2D eigenvalue weighted by Crippen LogP contribution is 2.34. The van der Waals surface area contributed by atoms with Crippen LogP contribution in [0, 0.1) is 5.92 Å². The lowest BCUT2D eigenvalue weighted by molar-refractivity contribution is 0.411. The van der Waals surface area contributed by atoms with Gasteiger partial charge in [-0.2, -0.15) is 0 Å². The number of amidine groups is 1. The third-order valence-electron chi connectivity index (χ3n) is 3.84. The number of aliphatic imine (C=N–C) groups is 1. The maximum atomic E-state index is 6.12. The van der Waals surface area contributed by atoms with Gasteiger partial charge in [-0.1, -0.05) is 35.9 Å². The molecule has 1 aliphatic heterocycles. The van der Waals surface area contributed by atoms with Crippen LogP contribution in [-0.2, 0) is 0 Å². The zero-order valence-electron chi connectivity index (χ0n) is 12.9. The molecule has 1 aliphatic carbocycles. The van der Waals surface area contributed by atoms with Crippen molar-refractivity contribution in [2.24, 2.45) is 10.9 Å². The molecule has 0 saturated heterocycles. The van der Waals surface area contributed by atoms with Crippen LogP contribution >= 0.6 is 11.6 Å². The first kappa shape index (κ1) is 15.1. The second kappa shape index (κ2) is 6.55. The molecular weight excluding hydrogens is 296 g/mol. The van der Waals surface area contributed by atoms with E-state index >= 15 is 0 Å². The number of anilines is 1. The third kappa shape index (κ3) is 3.34. The van der Waals surface area contributed by atoms with Gasteiger partial charge in [0, 0.05) is 18.1 Å². The van der Waals surface area contributed by atoms with Gasteiger partial charge in [0.25, 0.3) is 0 Å². The lowest BCUT2D eigenvalue weighted by Crippen LogP contribution is -2.41. The summed E-state index contributed by atoms with van der Waals surface area (Å²) in [6.07, 6.45) is 8.52. The number of nitrogens with zero attached hydrogens (tertiary/aromatic N) is 2. The molecule has 3 rings (SSSR count). The summed E-state index contributed by atoms with van der Waals surface area (Å²) in [4.78, 5) is 6.99. The predicted molar refractivity (Wildman–Crippen MR) is 94.3 cm³/mol. The minimum absolute atomic E-state index is 0.207. The van der Waals surface area contributed by atoms with Crippen molar-refractivity contribution in [2.45, 2.75) is 6.04 Å². The van der Waals surface area contributed by atoms with E-state index in [1.165, 1.54) is 0 Å². The molecule has 4 nitrogen and oxygen atoms in total. The fourth-order valence-electron chi connectivity index (χ4n) is 2.67. The van der Waals surface area contributed by atoms with Gasteiger partial charge in [0.15, 0.2) is 0 Å². The van der Waals surface area contributed by atoms with Crippen LogP contribution in [0.2, 0.25) is 5.02 Å². The molecule has 2 unspecified atom stereocenters. The minimum atomic E-state index is 0.207. The van der Waals surface area contributed by atoms with Gasteiger partial charge in [-0.05, 0) is 32.3 Å². The number of fused-ring (bicyclic) bond motifs is 2. The number of allylic oxidation sites excluding steroid dienone is 2. The van der Waals surface area contributed by atoms with Crippen LogP contribution in [0.25, 0.3) is 0 Å². The normalized spacial score (nSPS) is 22.5. The Balaban J connectivity index is 1.91. The number of rotatable bonds is 3. The van der Waals surface area contributed by atoms with Crippen LogP contribution in [-0.4, -0.2) is 44.0 Å². The zero-order chi connectivity index (χ0) is 15.5. The average Bonchev–Trinajstić information content (AvgIpc) is 2.63. The lowest BCUT2D eigenvalue weighted by atomic mass is 9.94. The van der Waals surface area contributed by atoms with E-state index in [0.717, 1.165) is 30.3 Å². The summed E-state index contributed by atoms with van der Waals surface area (Å²) in [5.41, 5.74) is 1.90. The molecule has 5 heteroatoms. The Hall–Kier alpha value is -1.78. The van der Waals surface area contributed by atoms with E-state index in [4.69, 9.17) is 16.6 Å². The first-order valence-electron chi connectivity index (χ1n) is 7.52. The van der Waals surface area contributed by atoms with Crippen molar-refractivity contribution in [1.82, 2.24) is 10.2 Å². The van der Waals surface area contributed by atoms with Gasteiger partial charge in [-0.25, -0.2) is 4.99 Å². The van der Waals surface area contributed by atoms with Crippen LogP contribution in [0.4, 0.5) is 11.4 Å². The van der Waals surface area contributed by atoms with Crippen LogP contribution in [0.3, 0.4) is 0 Å². The Bertz CT molecular complexity index is 634. The highest BCUT2D eigenvalue weighted by molar-refractivity contribution is 6.31. The Labute approximate surface area is 136 Å². The van der Waals surface area contributed by atoms with Gasteiger partial charge < -0.3 is 15.5 Å². The van der Waals surface area contributed by atoms with Gasteiger partial charge in [-0.15, -0.1) is 0 Å². The van der Waals surface area contributed by atoms with Gasteiger partial charge >= 0.3 is 0 Å². The molecule has 0 spiro atoms. The van der Waals surface area contributed by atoms with Gasteiger partial charge in [0.2, 0.25) is 0 Å². The number of hydrogen-bond acceptors (Lipinski definition) is 4. The molecule has 116 valence electrons. The topological polar surface area (TPSA) is 39.7 Å². The molecule has 2 aliphatic rings. The summed E-state index contributed by atoms with van der Waals surface area (Å²) in [5.74, 6) is 1.19. The Morgan fingerprint density at radius 3 is 2.91 bits per heavy atom. The number of nitrogens with one attached hydrogen (secondary N) is 2. The van der Waals surface area contributed by atoms with E-state index in [9.17, 15) is 0 Å². The quantitative estimate of drug-likeness (QED) is 0.900. The third-order valence-corrected chi connectivity index (χ3v) is 4.07. The molecule has 2 N–H and O–H groups in total. The molecule has 1 aromatic rings.